The van der Waals surface area contributed by atoms with E-state index in [1.54, 1.807) is 0 Å². The van der Waals surface area contributed by atoms with E-state index < -0.39 is 10.0 Å². The summed E-state index contributed by atoms with van der Waals surface area (Å²) in [5.41, 5.74) is 4.97. The molecule has 2 N–H and O–H groups in total. The summed E-state index contributed by atoms with van der Waals surface area (Å²) in [7, 11) is -3.64. The van der Waals surface area contributed by atoms with Crippen LogP contribution in [0.2, 0.25) is 0 Å². The van der Waals surface area contributed by atoms with Crippen LogP contribution in [-0.2, 0) is 21.4 Å². The lowest BCUT2D eigenvalue weighted by Gasteiger charge is -2.16. The van der Waals surface area contributed by atoms with Crippen LogP contribution in [0, 0.1) is 33.6 Å². The molecule has 0 spiro atoms. The summed E-state index contributed by atoms with van der Waals surface area (Å²) in [6.45, 7) is 7.69. The Morgan fingerprint density at radius 1 is 1.04 bits per heavy atom. The second-order valence-electron chi connectivity index (χ2n) is 7.38. The number of amides is 1. The van der Waals surface area contributed by atoms with Gasteiger partial charge in [0.25, 0.3) is 0 Å². The van der Waals surface area contributed by atoms with Crippen LogP contribution in [0.4, 0.5) is 5.69 Å². The number of carbonyl (C=O) groups excluding carboxylic acids is 1. The Balaban J connectivity index is 1.77. The first-order chi connectivity index (χ1) is 12.7. The summed E-state index contributed by atoms with van der Waals surface area (Å²) in [6, 6.07) is 9.30. The minimum Gasteiger partial charge on any atom is -0.326 e. The van der Waals surface area contributed by atoms with Gasteiger partial charge in [0, 0.05) is 18.2 Å². The van der Waals surface area contributed by atoms with Crippen molar-refractivity contribution in [1.29, 1.82) is 0 Å². The molecule has 3 rings (SSSR count). The highest BCUT2D eigenvalue weighted by Gasteiger charge is 2.29. The number of hydrogen-bond donors (Lipinski definition) is 2. The number of nitrogens with one attached hydrogen (secondary N) is 2. The van der Waals surface area contributed by atoms with Gasteiger partial charge >= 0.3 is 0 Å². The molecule has 6 heteroatoms. The molecule has 0 atom stereocenters. The third kappa shape index (κ3) is 4.39. The van der Waals surface area contributed by atoms with Gasteiger partial charge in [-0.25, -0.2) is 13.1 Å². The Kier molecular flexibility index (Phi) is 5.40. The van der Waals surface area contributed by atoms with Gasteiger partial charge in [0.1, 0.15) is 0 Å². The van der Waals surface area contributed by atoms with Crippen LogP contribution in [0.25, 0.3) is 0 Å². The van der Waals surface area contributed by atoms with E-state index in [4.69, 9.17) is 0 Å². The largest absolute Gasteiger partial charge is 0.326 e. The second-order valence-corrected chi connectivity index (χ2v) is 9.08. The van der Waals surface area contributed by atoms with Crippen LogP contribution in [0.3, 0.4) is 0 Å². The van der Waals surface area contributed by atoms with Crippen LogP contribution in [0.1, 0.15) is 40.7 Å². The van der Waals surface area contributed by atoms with Gasteiger partial charge < -0.3 is 5.32 Å². The lowest BCUT2D eigenvalue weighted by Crippen LogP contribution is -2.25. The average Bonchev–Trinajstić information content (AvgIpc) is 3.44. The minimum absolute atomic E-state index is 0.0363. The quantitative estimate of drug-likeness (QED) is 0.794. The summed E-state index contributed by atoms with van der Waals surface area (Å²) in [6.07, 6.45) is 1.89. The standard InChI is InChI=1S/C21H26N2O3S/c1-13-10-14(2)16(4)20(15(13)3)27(25,26)22-12-17-6-5-7-19(11-17)23-21(24)18-8-9-18/h5-7,10-11,18,22H,8-9,12H2,1-4H3,(H,23,24). The lowest BCUT2D eigenvalue weighted by molar-refractivity contribution is -0.117. The molecule has 0 aliphatic heterocycles. The van der Waals surface area contributed by atoms with Crippen molar-refractivity contribution in [3.05, 3.63) is 58.1 Å². The molecule has 0 heterocycles. The zero-order chi connectivity index (χ0) is 19.8. The molecule has 0 bridgehead atoms. The summed E-state index contributed by atoms with van der Waals surface area (Å²) in [5.74, 6) is 0.164. The summed E-state index contributed by atoms with van der Waals surface area (Å²) < 4.78 is 28.6. The van der Waals surface area contributed by atoms with Gasteiger partial charge in [-0.05, 0) is 80.5 Å². The van der Waals surface area contributed by atoms with Crippen LogP contribution in [0.5, 0.6) is 0 Å². The monoisotopic (exact) mass is 386 g/mol. The number of anilines is 1. The topological polar surface area (TPSA) is 75.3 Å². The van der Waals surface area contributed by atoms with E-state index in [2.05, 4.69) is 10.0 Å². The maximum atomic E-state index is 12.9. The molecule has 2 aromatic carbocycles. The maximum Gasteiger partial charge on any atom is 0.241 e. The Morgan fingerprint density at radius 2 is 1.67 bits per heavy atom. The SMILES string of the molecule is Cc1cc(C)c(C)c(S(=O)(=O)NCc2cccc(NC(=O)C3CC3)c2)c1C. The molecular weight excluding hydrogens is 360 g/mol. The number of carbonyl (C=O) groups is 1. The van der Waals surface area contributed by atoms with E-state index in [0.29, 0.717) is 10.6 Å². The highest BCUT2D eigenvalue weighted by Crippen LogP contribution is 2.30. The summed E-state index contributed by atoms with van der Waals surface area (Å²) in [4.78, 5) is 12.3. The third-order valence-corrected chi connectivity index (χ3v) is 6.85. The normalized spacial score (nSPS) is 14.2. The number of benzene rings is 2. The van der Waals surface area contributed by atoms with E-state index >= 15 is 0 Å². The van der Waals surface area contributed by atoms with E-state index in [-0.39, 0.29) is 18.4 Å². The van der Waals surface area contributed by atoms with Gasteiger partial charge in [-0.3, -0.25) is 4.79 Å². The first-order valence-corrected chi connectivity index (χ1v) is 10.6. The first-order valence-electron chi connectivity index (χ1n) is 9.16. The molecule has 0 unspecified atom stereocenters. The molecule has 5 nitrogen and oxygen atoms in total. The van der Waals surface area contributed by atoms with Crippen molar-refractivity contribution in [3.63, 3.8) is 0 Å². The van der Waals surface area contributed by atoms with Gasteiger partial charge in [0.05, 0.1) is 4.90 Å². The third-order valence-electron chi connectivity index (χ3n) is 5.17. The van der Waals surface area contributed by atoms with Crippen LogP contribution in [-0.4, -0.2) is 14.3 Å². The highest BCUT2D eigenvalue weighted by atomic mass is 32.2. The number of sulfonamides is 1. The minimum atomic E-state index is -3.64. The van der Waals surface area contributed by atoms with Crippen LogP contribution < -0.4 is 10.0 Å². The van der Waals surface area contributed by atoms with Crippen molar-refractivity contribution in [2.24, 2.45) is 5.92 Å². The van der Waals surface area contributed by atoms with Gasteiger partial charge in [-0.1, -0.05) is 18.2 Å². The molecule has 0 radical (unpaired) electrons. The van der Waals surface area contributed by atoms with Gasteiger partial charge in [-0.2, -0.15) is 0 Å². The van der Waals surface area contributed by atoms with Crippen LogP contribution >= 0.6 is 0 Å². The smallest absolute Gasteiger partial charge is 0.241 e. The van der Waals surface area contributed by atoms with Gasteiger partial charge in [0.15, 0.2) is 0 Å². The van der Waals surface area contributed by atoms with Crippen molar-refractivity contribution in [3.8, 4) is 0 Å². The number of hydrogen-bond acceptors (Lipinski definition) is 3. The van der Waals surface area contributed by atoms with Crippen molar-refractivity contribution < 1.29 is 13.2 Å². The highest BCUT2D eigenvalue weighted by molar-refractivity contribution is 7.89. The van der Waals surface area contributed by atoms with Crippen LogP contribution in [0.15, 0.2) is 35.2 Å². The fourth-order valence-corrected chi connectivity index (χ4v) is 4.81. The predicted molar refractivity (Wildman–Crippen MR) is 107 cm³/mol. The Morgan fingerprint density at radius 3 is 2.26 bits per heavy atom. The maximum absolute atomic E-state index is 12.9. The van der Waals surface area contributed by atoms with Gasteiger partial charge in [0.2, 0.25) is 15.9 Å². The molecule has 2 aromatic rings. The van der Waals surface area contributed by atoms with E-state index in [9.17, 15) is 13.2 Å². The fraction of sp³-hybridized carbons (Fsp3) is 0.381. The molecule has 1 amide bonds. The van der Waals surface area contributed by atoms with Crippen molar-refractivity contribution in [2.45, 2.75) is 52.0 Å². The fourth-order valence-electron chi connectivity index (χ4n) is 3.18. The van der Waals surface area contributed by atoms with E-state index in [0.717, 1.165) is 40.7 Å². The molecule has 27 heavy (non-hydrogen) atoms. The van der Waals surface area contributed by atoms with E-state index in [1.807, 2.05) is 58.0 Å². The van der Waals surface area contributed by atoms with Crippen molar-refractivity contribution >= 4 is 21.6 Å². The summed E-state index contributed by atoms with van der Waals surface area (Å²) in [5, 5.41) is 2.89. The van der Waals surface area contributed by atoms with Gasteiger partial charge in [-0.15, -0.1) is 0 Å². The molecule has 0 aromatic heterocycles. The second kappa shape index (κ2) is 7.44. The predicted octanol–water partition coefficient (Wildman–Crippen LogP) is 3.75. The molecule has 0 saturated heterocycles. The molecule has 1 fully saturated rings. The van der Waals surface area contributed by atoms with Crippen molar-refractivity contribution in [2.75, 3.05) is 5.32 Å². The molecular formula is C21H26N2O3S. The number of rotatable bonds is 6. The van der Waals surface area contributed by atoms with E-state index in [1.165, 1.54) is 0 Å². The molecule has 1 aliphatic rings. The lowest BCUT2D eigenvalue weighted by atomic mass is 10.0. The first kappa shape index (κ1) is 19.6. The molecule has 1 saturated carbocycles. The average molecular weight is 387 g/mol. The molecule has 144 valence electrons. The van der Waals surface area contributed by atoms with Crippen molar-refractivity contribution in [1.82, 2.24) is 4.72 Å². The molecule has 1 aliphatic carbocycles. The zero-order valence-corrected chi connectivity index (χ0v) is 17.0. The Bertz CT molecular complexity index is 966. The Hall–Kier alpha value is -2.18. The number of aryl methyl sites for hydroxylation is 2. The zero-order valence-electron chi connectivity index (χ0n) is 16.2. The Labute approximate surface area is 161 Å². The summed E-state index contributed by atoms with van der Waals surface area (Å²) >= 11 is 0.